The fourth-order valence-electron chi connectivity index (χ4n) is 9.85. The molecule has 0 N–H and O–H groups in total. The van der Waals surface area contributed by atoms with Gasteiger partial charge in [-0.05, 0) is 122 Å². The SMILES string of the molecule is CC/C=C\C/C=C\C/C=C\C/C=C\C/C=C\CCCCCCCCCC(=O)OCC(COC(=O)CCCCCCCCC/C=C\CCCCCCCC)OC(=O)CCCCCCCCCCCCC/C=C\C/C=C\CCCCCCC. The van der Waals surface area contributed by atoms with Crippen LogP contribution in [0.4, 0.5) is 0 Å². The largest absolute Gasteiger partial charge is 0.462 e. The average molecular weight is 1130 g/mol. The van der Waals surface area contributed by atoms with Crippen LogP contribution in [-0.4, -0.2) is 37.2 Å². The second kappa shape index (κ2) is 68.8. The first-order chi connectivity index (χ1) is 40.0. The third-order valence-electron chi connectivity index (χ3n) is 15.0. The Labute approximate surface area is 502 Å². The molecule has 0 amide bonds. The van der Waals surface area contributed by atoms with Crippen LogP contribution in [0.5, 0.6) is 0 Å². The van der Waals surface area contributed by atoms with Gasteiger partial charge in [-0.15, -0.1) is 0 Å². The molecule has 0 rings (SSSR count). The van der Waals surface area contributed by atoms with Crippen molar-refractivity contribution in [1.29, 1.82) is 0 Å². The first-order valence-corrected chi connectivity index (χ1v) is 34.7. The van der Waals surface area contributed by atoms with Crippen molar-refractivity contribution < 1.29 is 28.6 Å². The molecule has 0 aliphatic carbocycles. The number of hydrogen-bond acceptors (Lipinski definition) is 6. The second-order valence-electron chi connectivity index (χ2n) is 23.1. The Hall–Kier alpha value is -3.67. The molecule has 1 unspecified atom stereocenters. The van der Waals surface area contributed by atoms with Gasteiger partial charge in [-0.1, -0.05) is 298 Å². The predicted molar refractivity (Wildman–Crippen MR) is 353 cm³/mol. The standard InChI is InChI=1S/C75H130O6/c1-4-7-10-13-16-19-22-25-28-31-33-35-37-39-41-44-47-50-53-56-59-62-65-68-74(77)80-71-72(70-79-73(76)67-64-61-58-55-52-49-46-43-30-27-24-21-18-15-12-9-6-3)81-75(78)69-66-63-60-57-54-51-48-45-42-40-38-36-34-32-29-26-23-20-17-14-11-8-5-2/h7,10,16,19,23,25-28,30,32-35,39,41,72H,4-6,8-9,11-15,17-18,20-22,24,29,31,36-38,40,42-71H2,1-3H3/b10-7-,19-16-,26-23-,28-25-,30-27-,34-32-,35-33-,41-39-. The lowest BCUT2D eigenvalue weighted by Crippen LogP contribution is -2.30. The highest BCUT2D eigenvalue weighted by Crippen LogP contribution is 2.17. The maximum Gasteiger partial charge on any atom is 0.306 e. The van der Waals surface area contributed by atoms with E-state index in [0.29, 0.717) is 19.3 Å². The van der Waals surface area contributed by atoms with Gasteiger partial charge >= 0.3 is 17.9 Å². The molecule has 0 bridgehead atoms. The van der Waals surface area contributed by atoms with Crippen LogP contribution >= 0.6 is 0 Å². The number of ether oxygens (including phenoxy) is 3. The summed E-state index contributed by atoms with van der Waals surface area (Å²) < 4.78 is 17.0. The van der Waals surface area contributed by atoms with E-state index in [1.165, 1.54) is 199 Å². The van der Waals surface area contributed by atoms with Gasteiger partial charge in [0.2, 0.25) is 0 Å². The van der Waals surface area contributed by atoms with Crippen LogP contribution < -0.4 is 0 Å². The summed E-state index contributed by atoms with van der Waals surface area (Å²) in [6.07, 6.45) is 92.7. The Morgan fingerprint density at radius 2 is 0.481 bits per heavy atom. The molecule has 0 saturated carbocycles. The van der Waals surface area contributed by atoms with Crippen LogP contribution in [0.2, 0.25) is 0 Å². The molecule has 0 saturated heterocycles. The molecule has 0 heterocycles. The highest BCUT2D eigenvalue weighted by Gasteiger charge is 2.19. The van der Waals surface area contributed by atoms with E-state index in [0.717, 1.165) is 103 Å². The Morgan fingerprint density at radius 3 is 0.765 bits per heavy atom. The molecule has 6 heteroatoms. The van der Waals surface area contributed by atoms with E-state index in [4.69, 9.17) is 14.2 Å². The molecule has 0 spiro atoms. The molecule has 81 heavy (non-hydrogen) atoms. The Bertz CT molecular complexity index is 1580. The number of unbranched alkanes of at least 4 members (excludes halogenated alkanes) is 36. The molecule has 1 atom stereocenters. The minimum atomic E-state index is -0.788. The third kappa shape index (κ3) is 67.0. The zero-order valence-electron chi connectivity index (χ0n) is 53.5. The van der Waals surface area contributed by atoms with Crippen LogP contribution in [0.25, 0.3) is 0 Å². The minimum Gasteiger partial charge on any atom is -0.462 e. The molecular weight excluding hydrogens is 997 g/mol. The normalized spacial score (nSPS) is 12.7. The zero-order chi connectivity index (χ0) is 58.5. The highest BCUT2D eigenvalue weighted by molar-refractivity contribution is 5.71. The second-order valence-corrected chi connectivity index (χ2v) is 23.1. The highest BCUT2D eigenvalue weighted by atomic mass is 16.6. The molecule has 0 aromatic heterocycles. The van der Waals surface area contributed by atoms with Crippen molar-refractivity contribution in [3.63, 3.8) is 0 Å². The molecule has 0 fully saturated rings. The summed E-state index contributed by atoms with van der Waals surface area (Å²) in [7, 11) is 0. The summed E-state index contributed by atoms with van der Waals surface area (Å²) in [4.78, 5) is 38.5. The topological polar surface area (TPSA) is 78.9 Å². The summed E-state index contributed by atoms with van der Waals surface area (Å²) in [5, 5.41) is 0. The van der Waals surface area contributed by atoms with Gasteiger partial charge in [0, 0.05) is 19.3 Å². The van der Waals surface area contributed by atoms with E-state index in [1.807, 2.05) is 0 Å². The van der Waals surface area contributed by atoms with Crippen molar-refractivity contribution in [3.05, 3.63) is 97.2 Å². The van der Waals surface area contributed by atoms with Crippen molar-refractivity contribution in [2.24, 2.45) is 0 Å². The van der Waals surface area contributed by atoms with Gasteiger partial charge in [0.1, 0.15) is 13.2 Å². The molecule has 466 valence electrons. The minimum absolute atomic E-state index is 0.0827. The van der Waals surface area contributed by atoms with E-state index >= 15 is 0 Å². The summed E-state index contributed by atoms with van der Waals surface area (Å²) in [6, 6.07) is 0. The van der Waals surface area contributed by atoms with E-state index in [9.17, 15) is 14.4 Å². The fourth-order valence-corrected chi connectivity index (χ4v) is 9.85. The van der Waals surface area contributed by atoms with Crippen molar-refractivity contribution in [2.75, 3.05) is 13.2 Å². The molecule has 0 aromatic carbocycles. The summed E-state index contributed by atoms with van der Waals surface area (Å²) in [5.41, 5.74) is 0. The number of allylic oxidation sites excluding steroid dienone is 16. The van der Waals surface area contributed by atoms with E-state index in [1.54, 1.807) is 0 Å². The van der Waals surface area contributed by atoms with Crippen molar-refractivity contribution >= 4 is 17.9 Å². The number of carbonyl (C=O) groups is 3. The Kier molecular flexibility index (Phi) is 65.7. The third-order valence-corrected chi connectivity index (χ3v) is 15.0. The average Bonchev–Trinajstić information content (AvgIpc) is 3.47. The van der Waals surface area contributed by atoms with Gasteiger partial charge in [-0.2, -0.15) is 0 Å². The van der Waals surface area contributed by atoms with Gasteiger partial charge in [-0.3, -0.25) is 14.4 Å². The quantitative estimate of drug-likeness (QED) is 0.0261. The van der Waals surface area contributed by atoms with Crippen LogP contribution in [0.15, 0.2) is 97.2 Å². The van der Waals surface area contributed by atoms with Crippen molar-refractivity contribution in [2.45, 2.75) is 348 Å². The lowest BCUT2D eigenvalue weighted by Gasteiger charge is -2.18. The summed E-state index contributed by atoms with van der Waals surface area (Å²) >= 11 is 0. The number of hydrogen-bond donors (Lipinski definition) is 0. The van der Waals surface area contributed by atoms with Gasteiger partial charge in [0.15, 0.2) is 6.10 Å². The molecule has 0 aliphatic rings. The lowest BCUT2D eigenvalue weighted by molar-refractivity contribution is -0.167. The number of carbonyl (C=O) groups excluding carboxylic acids is 3. The van der Waals surface area contributed by atoms with Gasteiger partial charge in [0.25, 0.3) is 0 Å². The molecule has 0 aliphatic heterocycles. The van der Waals surface area contributed by atoms with Gasteiger partial charge < -0.3 is 14.2 Å². The van der Waals surface area contributed by atoms with E-state index in [2.05, 4.69) is 118 Å². The van der Waals surface area contributed by atoms with Crippen LogP contribution in [0.1, 0.15) is 342 Å². The summed E-state index contributed by atoms with van der Waals surface area (Å²) in [5.74, 6) is -0.885. The smallest absolute Gasteiger partial charge is 0.306 e. The van der Waals surface area contributed by atoms with Crippen LogP contribution in [-0.2, 0) is 28.6 Å². The monoisotopic (exact) mass is 1130 g/mol. The van der Waals surface area contributed by atoms with Gasteiger partial charge in [0.05, 0.1) is 0 Å². The number of esters is 3. The van der Waals surface area contributed by atoms with E-state index < -0.39 is 6.10 Å². The first kappa shape index (κ1) is 77.3. The predicted octanol–water partition coefficient (Wildman–Crippen LogP) is 24.0. The maximum atomic E-state index is 13.0. The Balaban J connectivity index is 4.39. The van der Waals surface area contributed by atoms with Crippen LogP contribution in [0, 0.1) is 0 Å². The summed E-state index contributed by atoms with van der Waals surface area (Å²) in [6.45, 7) is 6.54. The van der Waals surface area contributed by atoms with E-state index in [-0.39, 0.29) is 31.1 Å². The first-order valence-electron chi connectivity index (χ1n) is 34.7. The molecular formula is C75H130O6. The van der Waals surface area contributed by atoms with Crippen molar-refractivity contribution in [1.82, 2.24) is 0 Å². The van der Waals surface area contributed by atoms with Gasteiger partial charge in [-0.25, -0.2) is 0 Å². The Morgan fingerprint density at radius 1 is 0.259 bits per heavy atom. The fraction of sp³-hybridized carbons (Fsp3) is 0.747. The molecule has 6 nitrogen and oxygen atoms in total. The molecule has 0 radical (unpaired) electrons. The molecule has 0 aromatic rings. The van der Waals surface area contributed by atoms with Crippen molar-refractivity contribution in [3.8, 4) is 0 Å². The zero-order valence-corrected chi connectivity index (χ0v) is 53.5. The maximum absolute atomic E-state index is 13.0. The lowest BCUT2D eigenvalue weighted by atomic mass is 10.0. The number of rotatable bonds is 63. The van der Waals surface area contributed by atoms with Crippen LogP contribution in [0.3, 0.4) is 0 Å².